The first-order valence-corrected chi connectivity index (χ1v) is 10.8. The van der Waals surface area contributed by atoms with E-state index in [4.69, 9.17) is 0 Å². The molecular weight excluding hydrogens is 395 g/mol. The number of rotatable bonds is 4. The van der Waals surface area contributed by atoms with Crippen LogP contribution >= 0.6 is 0 Å². The summed E-state index contributed by atoms with van der Waals surface area (Å²) in [6.07, 6.45) is 2.06. The highest BCUT2D eigenvalue weighted by Crippen LogP contribution is 2.31. The van der Waals surface area contributed by atoms with Crippen LogP contribution in [0.3, 0.4) is 0 Å². The van der Waals surface area contributed by atoms with E-state index in [-0.39, 0.29) is 23.0 Å². The molecule has 0 unspecified atom stereocenters. The molecule has 0 bridgehead atoms. The van der Waals surface area contributed by atoms with Gasteiger partial charge in [0.25, 0.3) is 10.0 Å². The number of likely N-dealkylation sites (N-methyl/N-ethyl adjacent to an activating group) is 1. The van der Waals surface area contributed by atoms with Gasteiger partial charge in [0.2, 0.25) is 5.91 Å². The first-order valence-electron chi connectivity index (χ1n) is 9.35. The second-order valence-electron chi connectivity index (χ2n) is 7.12. The molecule has 7 nitrogen and oxygen atoms in total. The molecular formula is C20H21FN4O3S. The SMILES string of the molecule is CN(CC(=O)Nc1c(F)cccc1N1CCCC1)C1=NS(=O)(=O)c2ccccc21. The molecule has 1 saturated heterocycles. The summed E-state index contributed by atoms with van der Waals surface area (Å²) < 4.78 is 42.7. The third-order valence-corrected chi connectivity index (χ3v) is 6.38. The molecule has 2 aliphatic heterocycles. The minimum absolute atomic E-state index is 0.118. The molecule has 152 valence electrons. The standard InChI is InChI=1S/C20H21FN4O3S/c1-24(20-14-7-2-3-10-17(14)29(27,28)23-20)13-18(26)22-19-15(21)8-6-9-16(19)25-11-4-5-12-25/h2-3,6-10H,4-5,11-13H2,1H3,(H,22,26). The number of fused-ring (bicyclic) bond motifs is 1. The van der Waals surface area contributed by atoms with E-state index in [1.807, 2.05) is 4.90 Å². The summed E-state index contributed by atoms with van der Waals surface area (Å²) in [6.45, 7) is 1.46. The van der Waals surface area contributed by atoms with Gasteiger partial charge in [-0.05, 0) is 37.1 Å². The Morgan fingerprint density at radius 1 is 1.17 bits per heavy atom. The maximum atomic E-state index is 14.4. The second-order valence-corrected chi connectivity index (χ2v) is 8.69. The van der Waals surface area contributed by atoms with Gasteiger partial charge in [0, 0.05) is 25.7 Å². The molecule has 0 saturated carbocycles. The van der Waals surface area contributed by atoms with Gasteiger partial charge in [-0.3, -0.25) is 4.79 Å². The molecule has 2 aliphatic rings. The van der Waals surface area contributed by atoms with E-state index in [0.29, 0.717) is 11.3 Å². The Labute approximate surface area is 168 Å². The zero-order chi connectivity index (χ0) is 20.6. The lowest BCUT2D eigenvalue weighted by Gasteiger charge is -2.23. The van der Waals surface area contributed by atoms with E-state index >= 15 is 0 Å². The zero-order valence-corrected chi connectivity index (χ0v) is 16.7. The molecule has 0 radical (unpaired) electrons. The Kier molecular flexibility index (Phi) is 4.99. The topological polar surface area (TPSA) is 82.1 Å². The number of sulfonamides is 1. The fourth-order valence-corrected chi connectivity index (χ4v) is 4.94. The molecule has 29 heavy (non-hydrogen) atoms. The van der Waals surface area contributed by atoms with Crippen molar-refractivity contribution in [3.63, 3.8) is 0 Å². The van der Waals surface area contributed by atoms with Gasteiger partial charge in [-0.25, -0.2) is 4.39 Å². The fraction of sp³-hybridized carbons (Fsp3) is 0.300. The highest BCUT2D eigenvalue weighted by Gasteiger charge is 2.31. The van der Waals surface area contributed by atoms with Gasteiger partial charge in [0.05, 0.1) is 12.2 Å². The molecule has 2 aromatic rings. The quantitative estimate of drug-likeness (QED) is 0.828. The maximum absolute atomic E-state index is 14.4. The number of carbonyl (C=O) groups excluding carboxylic acids is 1. The number of nitrogens with one attached hydrogen (secondary N) is 1. The number of benzene rings is 2. The van der Waals surface area contributed by atoms with Crippen molar-refractivity contribution in [1.29, 1.82) is 0 Å². The fourth-order valence-electron chi connectivity index (χ4n) is 3.69. The van der Waals surface area contributed by atoms with Crippen molar-refractivity contribution in [2.24, 2.45) is 4.40 Å². The Morgan fingerprint density at radius 2 is 1.90 bits per heavy atom. The van der Waals surface area contributed by atoms with Crippen molar-refractivity contribution in [2.45, 2.75) is 17.7 Å². The van der Waals surface area contributed by atoms with Crippen molar-refractivity contribution in [3.8, 4) is 0 Å². The number of amides is 1. The van der Waals surface area contributed by atoms with E-state index in [1.165, 1.54) is 17.0 Å². The van der Waals surface area contributed by atoms with E-state index in [1.54, 1.807) is 37.4 Å². The lowest BCUT2D eigenvalue weighted by molar-refractivity contribution is -0.116. The highest BCUT2D eigenvalue weighted by molar-refractivity contribution is 7.90. The van der Waals surface area contributed by atoms with Gasteiger partial charge in [-0.15, -0.1) is 4.40 Å². The van der Waals surface area contributed by atoms with E-state index in [9.17, 15) is 17.6 Å². The summed E-state index contributed by atoms with van der Waals surface area (Å²) >= 11 is 0. The molecule has 2 aromatic carbocycles. The molecule has 9 heteroatoms. The highest BCUT2D eigenvalue weighted by atomic mass is 32.2. The van der Waals surface area contributed by atoms with E-state index in [0.717, 1.165) is 25.9 Å². The van der Waals surface area contributed by atoms with Crippen LogP contribution in [0.25, 0.3) is 0 Å². The van der Waals surface area contributed by atoms with Crippen LogP contribution in [0.4, 0.5) is 15.8 Å². The number of amidine groups is 1. The van der Waals surface area contributed by atoms with Crippen LogP contribution in [0, 0.1) is 5.82 Å². The Morgan fingerprint density at radius 3 is 2.66 bits per heavy atom. The molecule has 1 amide bonds. The summed E-state index contributed by atoms with van der Waals surface area (Å²) in [4.78, 5) is 16.2. The third-order valence-electron chi connectivity index (χ3n) is 5.06. The number of anilines is 2. The maximum Gasteiger partial charge on any atom is 0.285 e. The number of hydrogen-bond donors (Lipinski definition) is 1. The van der Waals surface area contributed by atoms with Gasteiger partial charge in [0.15, 0.2) is 5.84 Å². The molecule has 4 rings (SSSR count). The normalized spacial score (nSPS) is 17.0. The lowest BCUT2D eigenvalue weighted by atomic mass is 10.2. The van der Waals surface area contributed by atoms with Gasteiger partial charge >= 0.3 is 0 Å². The largest absolute Gasteiger partial charge is 0.370 e. The van der Waals surface area contributed by atoms with Crippen LogP contribution in [0.2, 0.25) is 0 Å². The molecule has 2 heterocycles. The molecule has 1 fully saturated rings. The number of nitrogens with zero attached hydrogens (tertiary/aromatic N) is 3. The van der Waals surface area contributed by atoms with Crippen molar-refractivity contribution in [3.05, 3.63) is 53.8 Å². The van der Waals surface area contributed by atoms with Gasteiger partial charge < -0.3 is 15.1 Å². The first kappa shape index (κ1) is 19.4. The smallest absolute Gasteiger partial charge is 0.285 e. The minimum atomic E-state index is -3.77. The van der Waals surface area contributed by atoms with Gasteiger partial charge in [-0.2, -0.15) is 8.42 Å². The lowest BCUT2D eigenvalue weighted by Crippen LogP contribution is -2.35. The molecule has 0 aromatic heterocycles. The van der Waals surface area contributed by atoms with Crippen LogP contribution in [-0.2, 0) is 14.8 Å². The van der Waals surface area contributed by atoms with Crippen molar-refractivity contribution >= 4 is 33.1 Å². The Bertz CT molecular complexity index is 1090. The summed E-state index contributed by atoms with van der Waals surface area (Å²) in [5.74, 6) is -0.761. The average molecular weight is 416 g/mol. The van der Waals surface area contributed by atoms with Crippen LogP contribution in [0.5, 0.6) is 0 Å². The summed E-state index contributed by atoms with van der Waals surface area (Å²) in [7, 11) is -2.19. The van der Waals surface area contributed by atoms with Gasteiger partial charge in [0.1, 0.15) is 16.4 Å². The van der Waals surface area contributed by atoms with Crippen LogP contribution < -0.4 is 10.2 Å². The third kappa shape index (κ3) is 3.69. The summed E-state index contributed by atoms with van der Waals surface area (Å²) in [6, 6.07) is 11.2. The van der Waals surface area contributed by atoms with Crippen molar-refractivity contribution in [2.75, 3.05) is 36.9 Å². The molecule has 1 N–H and O–H groups in total. The number of carbonyl (C=O) groups is 1. The monoisotopic (exact) mass is 416 g/mol. The number of para-hydroxylation sites is 1. The van der Waals surface area contributed by atoms with Crippen molar-refractivity contribution in [1.82, 2.24) is 4.90 Å². The molecule has 0 aliphatic carbocycles. The number of hydrogen-bond acceptors (Lipinski definition) is 5. The van der Waals surface area contributed by atoms with Crippen LogP contribution in [0.15, 0.2) is 51.8 Å². The summed E-state index contributed by atoms with van der Waals surface area (Å²) in [5.41, 5.74) is 1.25. The minimum Gasteiger partial charge on any atom is -0.370 e. The predicted octanol–water partition coefficient (Wildman–Crippen LogP) is 2.45. The Balaban J connectivity index is 1.53. The second kappa shape index (κ2) is 7.47. The van der Waals surface area contributed by atoms with Crippen molar-refractivity contribution < 1.29 is 17.6 Å². The van der Waals surface area contributed by atoms with Crippen LogP contribution in [-0.4, -0.2) is 51.7 Å². The van der Waals surface area contributed by atoms with E-state index in [2.05, 4.69) is 9.71 Å². The first-order chi connectivity index (χ1) is 13.9. The summed E-state index contributed by atoms with van der Waals surface area (Å²) in [5, 5.41) is 2.65. The van der Waals surface area contributed by atoms with Crippen LogP contribution in [0.1, 0.15) is 18.4 Å². The zero-order valence-electron chi connectivity index (χ0n) is 15.9. The predicted molar refractivity (Wildman–Crippen MR) is 109 cm³/mol. The van der Waals surface area contributed by atoms with E-state index < -0.39 is 21.7 Å². The number of halogens is 1. The van der Waals surface area contributed by atoms with Gasteiger partial charge in [-0.1, -0.05) is 18.2 Å². The molecule has 0 spiro atoms. The Hall–Kier alpha value is -2.94. The molecule has 0 atom stereocenters. The average Bonchev–Trinajstić information content (AvgIpc) is 3.30.